The van der Waals surface area contributed by atoms with Crippen LogP contribution in [0.1, 0.15) is 17.0 Å². The van der Waals surface area contributed by atoms with Gasteiger partial charge < -0.3 is 5.32 Å². The molecule has 2 aromatic heterocycles. The van der Waals surface area contributed by atoms with Gasteiger partial charge in [0, 0.05) is 36.7 Å². The van der Waals surface area contributed by atoms with E-state index < -0.39 is 0 Å². The third-order valence-corrected chi connectivity index (χ3v) is 2.19. The minimum atomic E-state index is 0.668. The number of hydrogen-bond acceptors (Lipinski definition) is 4. The first-order valence-corrected chi connectivity index (χ1v) is 5.17. The highest BCUT2D eigenvalue weighted by molar-refractivity contribution is 5.28. The Morgan fingerprint density at radius 2 is 1.94 bits per heavy atom. The van der Waals surface area contributed by atoms with Gasteiger partial charge in [-0.3, -0.25) is 4.68 Å². The third-order valence-electron chi connectivity index (χ3n) is 2.19. The zero-order chi connectivity index (χ0) is 11.5. The molecular weight excluding hydrogens is 202 g/mol. The van der Waals surface area contributed by atoms with Crippen molar-refractivity contribution in [1.82, 2.24) is 19.7 Å². The summed E-state index contributed by atoms with van der Waals surface area (Å²) in [5.74, 6) is 0.668. The van der Waals surface area contributed by atoms with E-state index in [9.17, 15) is 0 Å². The van der Waals surface area contributed by atoms with Gasteiger partial charge in [0.05, 0.1) is 6.20 Å². The summed E-state index contributed by atoms with van der Waals surface area (Å²) < 4.78 is 1.78. The van der Waals surface area contributed by atoms with Crippen LogP contribution in [-0.2, 0) is 13.6 Å². The Labute approximate surface area is 94.5 Å². The van der Waals surface area contributed by atoms with Crippen LogP contribution in [0, 0.1) is 13.8 Å². The Kier molecular flexibility index (Phi) is 2.85. The number of nitrogens with one attached hydrogen (secondary N) is 1. The summed E-state index contributed by atoms with van der Waals surface area (Å²) in [5, 5.41) is 7.28. The molecule has 5 heteroatoms. The third kappa shape index (κ3) is 2.56. The summed E-state index contributed by atoms with van der Waals surface area (Å²) in [4.78, 5) is 8.61. The van der Waals surface area contributed by atoms with Crippen molar-refractivity contribution in [1.29, 1.82) is 0 Å². The van der Waals surface area contributed by atoms with Crippen LogP contribution in [0.2, 0.25) is 0 Å². The van der Waals surface area contributed by atoms with Gasteiger partial charge in [0.25, 0.3) is 0 Å². The maximum absolute atomic E-state index is 4.31. The van der Waals surface area contributed by atoms with E-state index in [1.807, 2.05) is 39.4 Å². The smallest absolute Gasteiger partial charge is 0.223 e. The van der Waals surface area contributed by atoms with Crippen molar-refractivity contribution < 1.29 is 0 Å². The van der Waals surface area contributed by atoms with Crippen LogP contribution in [0.3, 0.4) is 0 Å². The van der Waals surface area contributed by atoms with Gasteiger partial charge in [0.1, 0.15) is 0 Å². The topological polar surface area (TPSA) is 55.6 Å². The molecule has 0 bridgehead atoms. The molecule has 0 atom stereocenters. The maximum atomic E-state index is 4.31. The van der Waals surface area contributed by atoms with E-state index in [0.29, 0.717) is 12.5 Å². The van der Waals surface area contributed by atoms with Crippen molar-refractivity contribution >= 4 is 5.95 Å². The molecule has 0 aliphatic carbocycles. The van der Waals surface area contributed by atoms with Crippen molar-refractivity contribution in [2.24, 2.45) is 7.05 Å². The number of rotatable bonds is 3. The summed E-state index contributed by atoms with van der Waals surface area (Å²) in [5.41, 5.74) is 3.06. The Balaban J connectivity index is 2.04. The van der Waals surface area contributed by atoms with E-state index in [4.69, 9.17) is 0 Å². The molecule has 84 valence electrons. The SMILES string of the molecule is Cc1cc(C)nc(NCc2cnn(C)c2)n1. The number of hydrogen-bond donors (Lipinski definition) is 1. The lowest BCUT2D eigenvalue weighted by Crippen LogP contribution is -2.04. The fourth-order valence-electron chi connectivity index (χ4n) is 1.55. The molecule has 0 amide bonds. The first kappa shape index (κ1) is 10.6. The zero-order valence-corrected chi connectivity index (χ0v) is 9.73. The quantitative estimate of drug-likeness (QED) is 0.845. The fourth-order valence-corrected chi connectivity index (χ4v) is 1.55. The predicted octanol–water partition coefficient (Wildman–Crippen LogP) is 1.44. The highest BCUT2D eigenvalue weighted by Gasteiger charge is 2.00. The number of nitrogens with zero attached hydrogens (tertiary/aromatic N) is 4. The summed E-state index contributed by atoms with van der Waals surface area (Å²) in [6.45, 7) is 4.62. The number of aryl methyl sites for hydroxylation is 3. The second-order valence-corrected chi connectivity index (χ2v) is 3.85. The van der Waals surface area contributed by atoms with Crippen LogP contribution >= 0.6 is 0 Å². The van der Waals surface area contributed by atoms with Crippen molar-refractivity contribution in [2.75, 3.05) is 5.32 Å². The van der Waals surface area contributed by atoms with Gasteiger partial charge in [-0.2, -0.15) is 5.10 Å². The molecule has 0 saturated carbocycles. The zero-order valence-electron chi connectivity index (χ0n) is 9.73. The molecule has 0 saturated heterocycles. The Hall–Kier alpha value is -1.91. The highest BCUT2D eigenvalue weighted by Crippen LogP contribution is 2.05. The number of anilines is 1. The van der Waals surface area contributed by atoms with Crippen LogP contribution in [0.25, 0.3) is 0 Å². The summed E-state index contributed by atoms with van der Waals surface area (Å²) in [6, 6.07) is 1.95. The first-order chi connectivity index (χ1) is 7.63. The van der Waals surface area contributed by atoms with Crippen LogP contribution in [-0.4, -0.2) is 19.7 Å². The summed E-state index contributed by atoms with van der Waals surface area (Å²) in [7, 11) is 1.90. The standard InChI is InChI=1S/C11H15N5/c1-8-4-9(2)15-11(14-8)12-5-10-6-13-16(3)7-10/h4,6-7H,5H2,1-3H3,(H,12,14,15). The molecule has 0 aromatic carbocycles. The lowest BCUT2D eigenvalue weighted by molar-refractivity contribution is 0.767. The minimum Gasteiger partial charge on any atom is -0.350 e. The predicted molar refractivity (Wildman–Crippen MR) is 62.0 cm³/mol. The van der Waals surface area contributed by atoms with Crippen LogP contribution in [0.15, 0.2) is 18.5 Å². The van der Waals surface area contributed by atoms with E-state index in [-0.39, 0.29) is 0 Å². The van der Waals surface area contributed by atoms with E-state index in [2.05, 4.69) is 20.4 Å². The van der Waals surface area contributed by atoms with Gasteiger partial charge in [-0.05, 0) is 19.9 Å². The molecule has 0 radical (unpaired) electrons. The van der Waals surface area contributed by atoms with Crippen molar-refractivity contribution in [2.45, 2.75) is 20.4 Å². The van der Waals surface area contributed by atoms with Crippen molar-refractivity contribution in [3.05, 3.63) is 35.4 Å². The summed E-state index contributed by atoms with van der Waals surface area (Å²) >= 11 is 0. The molecule has 16 heavy (non-hydrogen) atoms. The van der Waals surface area contributed by atoms with Crippen LogP contribution < -0.4 is 5.32 Å². The van der Waals surface area contributed by atoms with Gasteiger partial charge in [-0.25, -0.2) is 9.97 Å². The molecule has 0 fully saturated rings. The van der Waals surface area contributed by atoms with Gasteiger partial charge >= 0.3 is 0 Å². The van der Waals surface area contributed by atoms with Crippen LogP contribution in [0.5, 0.6) is 0 Å². The fraction of sp³-hybridized carbons (Fsp3) is 0.364. The van der Waals surface area contributed by atoms with Gasteiger partial charge in [0.15, 0.2) is 0 Å². The molecule has 0 unspecified atom stereocenters. The molecular formula is C11H15N5. The molecule has 0 aliphatic rings. The Bertz CT molecular complexity index is 469. The molecule has 5 nitrogen and oxygen atoms in total. The van der Waals surface area contributed by atoms with Gasteiger partial charge in [0.2, 0.25) is 5.95 Å². The Morgan fingerprint density at radius 3 is 2.50 bits per heavy atom. The van der Waals surface area contributed by atoms with E-state index in [1.165, 1.54) is 0 Å². The maximum Gasteiger partial charge on any atom is 0.223 e. The second kappa shape index (κ2) is 4.30. The van der Waals surface area contributed by atoms with E-state index in [0.717, 1.165) is 17.0 Å². The van der Waals surface area contributed by atoms with Gasteiger partial charge in [-0.1, -0.05) is 0 Å². The number of aromatic nitrogens is 4. The van der Waals surface area contributed by atoms with E-state index in [1.54, 1.807) is 4.68 Å². The summed E-state index contributed by atoms with van der Waals surface area (Å²) in [6.07, 6.45) is 3.80. The largest absolute Gasteiger partial charge is 0.350 e. The first-order valence-electron chi connectivity index (χ1n) is 5.17. The minimum absolute atomic E-state index is 0.668. The second-order valence-electron chi connectivity index (χ2n) is 3.85. The molecule has 2 heterocycles. The van der Waals surface area contributed by atoms with Crippen molar-refractivity contribution in [3.63, 3.8) is 0 Å². The molecule has 0 aliphatic heterocycles. The molecule has 2 aromatic rings. The molecule has 1 N–H and O–H groups in total. The van der Waals surface area contributed by atoms with Crippen LogP contribution in [0.4, 0.5) is 5.95 Å². The van der Waals surface area contributed by atoms with Gasteiger partial charge in [-0.15, -0.1) is 0 Å². The monoisotopic (exact) mass is 217 g/mol. The molecule has 0 spiro atoms. The lowest BCUT2D eigenvalue weighted by Gasteiger charge is -2.04. The highest BCUT2D eigenvalue weighted by atomic mass is 15.2. The van der Waals surface area contributed by atoms with E-state index >= 15 is 0 Å². The average Bonchev–Trinajstić information content (AvgIpc) is 2.60. The molecule has 2 rings (SSSR count). The van der Waals surface area contributed by atoms with Crippen molar-refractivity contribution in [3.8, 4) is 0 Å². The normalized spacial score (nSPS) is 10.4. The average molecular weight is 217 g/mol. The lowest BCUT2D eigenvalue weighted by atomic mass is 10.3. The Morgan fingerprint density at radius 1 is 1.25 bits per heavy atom.